The van der Waals surface area contributed by atoms with Crippen LogP contribution in [0.5, 0.6) is 5.75 Å². The van der Waals surface area contributed by atoms with Crippen LogP contribution in [0.15, 0.2) is 30.3 Å². The van der Waals surface area contributed by atoms with E-state index >= 15 is 0 Å². The molecule has 1 heterocycles. The van der Waals surface area contributed by atoms with Crippen molar-refractivity contribution in [2.24, 2.45) is 0 Å². The molecule has 0 saturated carbocycles. The largest absolute Gasteiger partial charge is 0.495 e. The molecule has 0 fully saturated rings. The number of anilines is 2. The van der Waals surface area contributed by atoms with Gasteiger partial charge in [0.15, 0.2) is 5.69 Å². The molecule has 0 aliphatic carbocycles. The normalized spacial score (nSPS) is 10.2. The number of hydrogen-bond donors (Lipinski definition) is 2. The number of nitrogens with one attached hydrogen (secondary N) is 2. The first-order valence-electron chi connectivity index (χ1n) is 7.67. The molecule has 0 radical (unpaired) electrons. The fraction of sp³-hybridized carbons (Fsp3) is 0.353. The number of benzene rings is 1. The molecule has 0 unspecified atom stereocenters. The van der Waals surface area contributed by atoms with Crippen LogP contribution in [0.4, 0.5) is 11.5 Å². The molecule has 23 heavy (non-hydrogen) atoms. The molecule has 0 spiro atoms. The Hall–Kier alpha value is -2.63. The Bertz CT molecular complexity index is 656. The molecule has 1 aromatic heterocycles. The number of carbonyl (C=O) groups excluding carboxylic acids is 1. The molecule has 1 aromatic carbocycles. The lowest BCUT2D eigenvalue weighted by Gasteiger charge is -2.10. The minimum absolute atomic E-state index is 0.259. The van der Waals surface area contributed by atoms with E-state index in [0.29, 0.717) is 17.3 Å². The number of nitrogens with zero attached hydrogens (tertiary/aromatic N) is 2. The first kappa shape index (κ1) is 16.7. The van der Waals surface area contributed by atoms with Gasteiger partial charge in [0.1, 0.15) is 11.6 Å². The third kappa shape index (κ3) is 4.67. The van der Waals surface area contributed by atoms with Gasteiger partial charge in [0.2, 0.25) is 0 Å². The lowest BCUT2D eigenvalue weighted by molar-refractivity contribution is 0.102. The van der Waals surface area contributed by atoms with Crippen molar-refractivity contribution < 1.29 is 9.53 Å². The van der Waals surface area contributed by atoms with E-state index in [2.05, 4.69) is 27.8 Å². The predicted octanol–water partition coefficient (Wildman–Crippen LogP) is 3.26. The van der Waals surface area contributed by atoms with Crippen LogP contribution in [0.2, 0.25) is 0 Å². The average molecular weight is 314 g/mol. The zero-order valence-corrected chi connectivity index (χ0v) is 13.7. The zero-order chi connectivity index (χ0) is 16.7. The summed E-state index contributed by atoms with van der Waals surface area (Å²) in [5, 5.41) is 14.0. The molecule has 2 N–H and O–H groups in total. The first-order valence-corrected chi connectivity index (χ1v) is 7.67. The maximum Gasteiger partial charge on any atom is 0.276 e. The highest BCUT2D eigenvalue weighted by atomic mass is 16.5. The van der Waals surface area contributed by atoms with Crippen molar-refractivity contribution in [3.05, 3.63) is 41.6 Å². The van der Waals surface area contributed by atoms with E-state index in [9.17, 15) is 4.79 Å². The van der Waals surface area contributed by atoms with E-state index < -0.39 is 0 Å². The highest BCUT2D eigenvalue weighted by Gasteiger charge is 2.12. The standard InChI is InChI=1S/C17H22N4O2/c1-4-5-10-18-16-9-7-13(20-21-16)17(22)19-14-11-12(2)6-8-15(14)23-3/h6-9,11H,4-5,10H2,1-3H3,(H,18,21)(H,19,22). The molecule has 6 heteroatoms. The topological polar surface area (TPSA) is 76.1 Å². The number of ether oxygens (including phenoxy) is 1. The van der Waals surface area contributed by atoms with Crippen molar-refractivity contribution in [3.8, 4) is 5.75 Å². The lowest BCUT2D eigenvalue weighted by atomic mass is 10.2. The van der Waals surface area contributed by atoms with Gasteiger partial charge >= 0.3 is 0 Å². The summed E-state index contributed by atoms with van der Waals surface area (Å²) in [7, 11) is 1.57. The number of aryl methyl sites for hydroxylation is 1. The zero-order valence-electron chi connectivity index (χ0n) is 13.7. The molecule has 0 atom stereocenters. The minimum Gasteiger partial charge on any atom is -0.495 e. The minimum atomic E-state index is -0.318. The molecule has 6 nitrogen and oxygen atoms in total. The second-order valence-electron chi connectivity index (χ2n) is 5.24. The summed E-state index contributed by atoms with van der Waals surface area (Å²) in [5.74, 6) is 0.958. The van der Waals surface area contributed by atoms with Gasteiger partial charge in [-0.15, -0.1) is 10.2 Å². The fourth-order valence-corrected chi connectivity index (χ4v) is 2.05. The van der Waals surface area contributed by atoms with Crippen LogP contribution in [-0.4, -0.2) is 29.8 Å². The molecule has 2 rings (SSSR count). The Labute approximate surface area is 136 Å². The fourth-order valence-electron chi connectivity index (χ4n) is 2.05. The molecule has 0 saturated heterocycles. The highest BCUT2D eigenvalue weighted by molar-refractivity contribution is 6.03. The summed E-state index contributed by atoms with van der Waals surface area (Å²) in [6, 6.07) is 9.00. The number of rotatable bonds is 7. The van der Waals surface area contributed by atoms with Crippen LogP contribution in [0.3, 0.4) is 0 Å². The van der Waals surface area contributed by atoms with Crippen molar-refractivity contribution >= 4 is 17.4 Å². The predicted molar refractivity (Wildman–Crippen MR) is 91.1 cm³/mol. The van der Waals surface area contributed by atoms with E-state index in [0.717, 1.165) is 24.9 Å². The van der Waals surface area contributed by atoms with E-state index in [1.165, 1.54) is 0 Å². The van der Waals surface area contributed by atoms with E-state index in [-0.39, 0.29) is 11.6 Å². The molecular weight excluding hydrogens is 292 g/mol. The van der Waals surface area contributed by atoms with Crippen LogP contribution in [0.25, 0.3) is 0 Å². The van der Waals surface area contributed by atoms with Crippen LogP contribution in [0.1, 0.15) is 35.8 Å². The van der Waals surface area contributed by atoms with Gasteiger partial charge in [0, 0.05) is 6.54 Å². The molecule has 2 aromatic rings. The van der Waals surface area contributed by atoms with Gasteiger partial charge in [-0.2, -0.15) is 0 Å². The third-order valence-electron chi connectivity index (χ3n) is 3.34. The van der Waals surface area contributed by atoms with Crippen LogP contribution in [0, 0.1) is 6.92 Å². The van der Waals surface area contributed by atoms with Crippen LogP contribution in [-0.2, 0) is 0 Å². The second-order valence-corrected chi connectivity index (χ2v) is 5.24. The van der Waals surface area contributed by atoms with Gasteiger partial charge in [0.05, 0.1) is 12.8 Å². The van der Waals surface area contributed by atoms with Crippen LogP contribution >= 0.6 is 0 Å². The quantitative estimate of drug-likeness (QED) is 0.767. The highest BCUT2D eigenvalue weighted by Crippen LogP contribution is 2.25. The smallest absolute Gasteiger partial charge is 0.276 e. The summed E-state index contributed by atoms with van der Waals surface area (Å²) >= 11 is 0. The van der Waals surface area contributed by atoms with Gasteiger partial charge in [0.25, 0.3) is 5.91 Å². The van der Waals surface area contributed by atoms with Crippen molar-refractivity contribution in [3.63, 3.8) is 0 Å². The summed E-state index contributed by atoms with van der Waals surface area (Å²) < 4.78 is 5.25. The molecule has 1 amide bonds. The van der Waals surface area contributed by atoms with Crippen molar-refractivity contribution in [1.82, 2.24) is 10.2 Å². The Morgan fingerprint density at radius 3 is 2.70 bits per heavy atom. The summed E-state index contributed by atoms with van der Waals surface area (Å²) in [4.78, 5) is 12.3. The monoisotopic (exact) mass is 314 g/mol. The second kappa shape index (κ2) is 8.12. The van der Waals surface area contributed by atoms with Gasteiger partial charge in [-0.3, -0.25) is 4.79 Å². The maximum atomic E-state index is 12.3. The first-order chi connectivity index (χ1) is 11.1. The Kier molecular flexibility index (Phi) is 5.91. The molecule has 0 bridgehead atoms. The van der Waals surface area contributed by atoms with Gasteiger partial charge < -0.3 is 15.4 Å². The summed E-state index contributed by atoms with van der Waals surface area (Å²) in [5.41, 5.74) is 1.90. The Morgan fingerprint density at radius 1 is 1.22 bits per heavy atom. The number of unbranched alkanes of at least 4 members (excludes halogenated alkanes) is 1. The average Bonchev–Trinajstić information content (AvgIpc) is 2.56. The molecule has 0 aliphatic rings. The SMILES string of the molecule is CCCCNc1ccc(C(=O)Nc2cc(C)ccc2OC)nn1. The number of amides is 1. The van der Waals surface area contributed by atoms with Gasteiger partial charge in [-0.1, -0.05) is 19.4 Å². The molecular formula is C17H22N4O2. The van der Waals surface area contributed by atoms with Crippen molar-refractivity contribution in [1.29, 1.82) is 0 Å². The number of methoxy groups -OCH3 is 1. The number of aromatic nitrogens is 2. The van der Waals surface area contributed by atoms with E-state index in [4.69, 9.17) is 4.74 Å². The van der Waals surface area contributed by atoms with Gasteiger partial charge in [-0.25, -0.2) is 0 Å². The van der Waals surface area contributed by atoms with Crippen molar-refractivity contribution in [2.45, 2.75) is 26.7 Å². The number of hydrogen-bond acceptors (Lipinski definition) is 5. The molecule has 0 aliphatic heterocycles. The van der Waals surface area contributed by atoms with Crippen LogP contribution < -0.4 is 15.4 Å². The summed E-state index contributed by atoms with van der Waals surface area (Å²) in [6.45, 7) is 4.92. The third-order valence-corrected chi connectivity index (χ3v) is 3.34. The summed E-state index contributed by atoms with van der Waals surface area (Å²) in [6.07, 6.45) is 2.18. The number of carbonyl (C=O) groups is 1. The lowest BCUT2D eigenvalue weighted by Crippen LogP contribution is -2.15. The molecule has 122 valence electrons. The van der Waals surface area contributed by atoms with Gasteiger partial charge in [-0.05, 0) is 43.2 Å². The Balaban J connectivity index is 2.05. The Morgan fingerprint density at radius 2 is 2.04 bits per heavy atom. The maximum absolute atomic E-state index is 12.3. The van der Waals surface area contributed by atoms with Crippen molar-refractivity contribution in [2.75, 3.05) is 24.3 Å². The van der Waals surface area contributed by atoms with E-state index in [1.54, 1.807) is 19.2 Å². The van der Waals surface area contributed by atoms with E-state index in [1.807, 2.05) is 25.1 Å².